The monoisotopic (exact) mass is 248 g/mol. The fourth-order valence-corrected chi connectivity index (χ4v) is 2.26. The average molecular weight is 248 g/mol. The minimum atomic E-state index is -0.160. The third kappa shape index (κ3) is 3.15. The molecule has 0 unspecified atom stereocenters. The summed E-state index contributed by atoms with van der Waals surface area (Å²) >= 11 is 0. The number of aryl methyl sites for hydroxylation is 2. The molecule has 1 aliphatic heterocycles. The molecule has 0 spiro atoms. The van der Waals surface area contributed by atoms with E-state index in [1.54, 1.807) is 0 Å². The Balaban J connectivity index is 0.000000771. The van der Waals surface area contributed by atoms with Gasteiger partial charge in [-0.25, -0.2) is 0 Å². The predicted molar refractivity (Wildman–Crippen MR) is 78.6 cm³/mol. The molecule has 0 radical (unpaired) electrons. The largest absolute Gasteiger partial charge is 0.494 e. The van der Waals surface area contributed by atoms with E-state index in [4.69, 9.17) is 9.31 Å². The zero-order chi connectivity index (χ0) is 13.7. The summed E-state index contributed by atoms with van der Waals surface area (Å²) in [5.74, 6) is 0. The van der Waals surface area contributed by atoms with Crippen molar-refractivity contribution in [2.24, 2.45) is 0 Å². The first-order chi connectivity index (χ1) is 8.61. The predicted octanol–water partition coefficient (Wildman–Crippen LogP) is 3.08. The molecular weight excluding hydrogens is 223 g/mol. The van der Waals surface area contributed by atoms with E-state index in [-0.39, 0.29) is 7.12 Å². The highest BCUT2D eigenvalue weighted by Crippen LogP contribution is 2.15. The molecule has 0 amide bonds. The van der Waals surface area contributed by atoms with Gasteiger partial charge >= 0.3 is 7.12 Å². The van der Waals surface area contributed by atoms with E-state index < -0.39 is 0 Å². The molecule has 1 aromatic rings. The van der Waals surface area contributed by atoms with Crippen molar-refractivity contribution in [2.45, 2.75) is 48.0 Å². The van der Waals surface area contributed by atoms with Crippen LogP contribution in [0.4, 0.5) is 0 Å². The molecule has 1 aliphatic rings. The Labute approximate surface area is 112 Å². The molecule has 0 N–H and O–H groups in total. The van der Waals surface area contributed by atoms with Crippen molar-refractivity contribution in [3.63, 3.8) is 0 Å². The summed E-state index contributed by atoms with van der Waals surface area (Å²) < 4.78 is 11.4. The van der Waals surface area contributed by atoms with E-state index in [2.05, 4.69) is 33.8 Å². The molecule has 0 aliphatic carbocycles. The highest BCUT2D eigenvalue weighted by molar-refractivity contribution is 6.62. The van der Waals surface area contributed by atoms with Crippen LogP contribution >= 0.6 is 0 Å². The van der Waals surface area contributed by atoms with Crippen molar-refractivity contribution >= 4 is 12.6 Å². The maximum atomic E-state index is 5.71. The fourth-order valence-electron chi connectivity index (χ4n) is 2.26. The van der Waals surface area contributed by atoms with Crippen LogP contribution in [-0.4, -0.2) is 20.3 Å². The maximum absolute atomic E-state index is 5.71. The van der Waals surface area contributed by atoms with Gasteiger partial charge in [-0.2, -0.15) is 0 Å². The Morgan fingerprint density at radius 2 is 1.33 bits per heavy atom. The molecular formula is C15H25BO2. The van der Waals surface area contributed by atoms with E-state index in [1.807, 2.05) is 13.8 Å². The van der Waals surface area contributed by atoms with Crippen LogP contribution in [0.1, 0.15) is 42.5 Å². The fraction of sp³-hybridized carbons (Fsp3) is 0.600. The normalized spacial score (nSPS) is 15.1. The van der Waals surface area contributed by atoms with Gasteiger partial charge in [0.25, 0.3) is 0 Å². The molecule has 2 rings (SSSR count). The van der Waals surface area contributed by atoms with Crippen molar-refractivity contribution in [3.05, 3.63) is 28.3 Å². The van der Waals surface area contributed by atoms with Gasteiger partial charge in [0.15, 0.2) is 0 Å². The van der Waals surface area contributed by atoms with Crippen molar-refractivity contribution in [2.75, 3.05) is 13.2 Å². The Morgan fingerprint density at radius 1 is 0.889 bits per heavy atom. The highest BCUT2D eigenvalue weighted by atomic mass is 16.6. The van der Waals surface area contributed by atoms with Crippen LogP contribution in [0, 0.1) is 27.7 Å². The van der Waals surface area contributed by atoms with Gasteiger partial charge in [-0.05, 0) is 61.8 Å². The lowest BCUT2D eigenvalue weighted by Gasteiger charge is -2.24. The molecule has 2 nitrogen and oxygen atoms in total. The second-order valence-electron chi connectivity index (χ2n) is 4.60. The molecule has 3 heteroatoms. The summed E-state index contributed by atoms with van der Waals surface area (Å²) in [7, 11) is -0.160. The quantitative estimate of drug-likeness (QED) is 0.711. The summed E-state index contributed by atoms with van der Waals surface area (Å²) in [4.78, 5) is 0. The van der Waals surface area contributed by atoms with Crippen molar-refractivity contribution in [1.82, 2.24) is 0 Å². The van der Waals surface area contributed by atoms with Crippen molar-refractivity contribution in [1.29, 1.82) is 0 Å². The second-order valence-corrected chi connectivity index (χ2v) is 4.60. The highest BCUT2D eigenvalue weighted by Gasteiger charge is 2.28. The van der Waals surface area contributed by atoms with Crippen LogP contribution in [0.25, 0.3) is 0 Å². The van der Waals surface area contributed by atoms with E-state index in [1.165, 1.54) is 27.7 Å². The Kier molecular flexibility index (Phi) is 5.90. The van der Waals surface area contributed by atoms with Crippen LogP contribution < -0.4 is 5.46 Å². The van der Waals surface area contributed by atoms with E-state index in [0.717, 1.165) is 19.6 Å². The van der Waals surface area contributed by atoms with Crippen LogP contribution in [0.3, 0.4) is 0 Å². The molecule has 0 atom stereocenters. The van der Waals surface area contributed by atoms with Crippen LogP contribution in [0.2, 0.25) is 0 Å². The maximum Gasteiger partial charge on any atom is 0.494 e. The van der Waals surface area contributed by atoms with Crippen molar-refractivity contribution in [3.8, 4) is 0 Å². The first-order valence-electron chi connectivity index (χ1n) is 6.91. The molecule has 1 heterocycles. The molecule has 1 saturated heterocycles. The summed E-state index contributed by atoms with van der Waals surface area (Å²) in [5, 5.41) is 0. The van der Waals surface area contributed by atoms with Crippen molar-refractivity contribution < 1.29 is 9.31 Å². The third-order valence-electron chi connectivity index (χ3n) is 3.49. The Hall–Kier alpha value is -0.795. The van der Waals surface area contributed by atoms with Gasteiger partial charge < -0.3 is 9.31 Å². The van der Waals surface area contributed by atoms with Crippen LogP contribution in [0.15, 0.2) is 6.07 Å². The van der Waals surface area contributed by atoms with Crippen LogP contribution in [-0.2, 0) is 9.31 Å². The summed E-state index contributed by atoms with van der Waals surface area (Å²) in [6.07, 6.45) is 0.999. The van der Waals surface area contributed by atoms with E-state index >= 15 is 0 Å². The average Bonchev–Trinajstić information content (AvgIpc) is 2.40. The van der Waals surface area contributed by atoms with Crippen LogP contribution in [0.5, 0.6) is 0 Å². The second kappa shape index (κ2) is 6.96. The number of benzene rings is 1. The van der Waals surface area contributed by atoms with Gasteiger partial charge in [0.2, 0.25) is 0 Å². The van der Waals surface area contributed by atoms with Gasteiger partial charge in [-0.1, -0.05) is 19.9 Å². The third-order valence-corrected chi connectivity index (χ3v) is 3.49. The summed E-state index contributed by atoms with van der Waals surface area (Å²) in [6.45, 7) is 14.2. The Bertz CT molecular complexity index is 370. The first kappa shape index (κ1) is 15.3. The summed E-state index contributed by atoms with van der Waals surface area (Å²) in [5.41, 5.74) is 6.47. The lowest BCUT2D eigenvalue weighted by Crippen LogP contribution is -2.44. The lowest BCUT2D eigenvalue weighted by molar-refractivity contribution is 0.143. The zero-order valence-corrected chi connectivity index (χ0v) is 12.6. The van der Waals surface area contributed by atoms with Gasteiger partial charge in [0.05, 0.1) is 0 Å². The van der Waals surface area contributed by atoms with Gasteiger partial charge in [0, 0.05) is 13.2 Å². The number of hydrogen-bond donors (Lipinski definition) is 0. The minimum absolute atomic E-state index is 0.160. The minimum Gasteiger partial charge on any atom is -0.407 e. The molecule has 1 aromatic carbocycles. The molecule has 18 heavy (non-hydrogen) atoms. The topological polar surface area (TPSA) is 18.5 Å². The first-order valence-corrected chi connectivity index (χ1v) is 6.91. The standard InChI is InChI=1S/C13H19BO2.C2H6/c1-9-8-10(2)12(4)13(11(9)3)14-15-6-5-7-16-14;1-2/h8H,5-7H2,1-4H3;1-2H3. The lowest BCUT2D eigenvalue weighted by atomic mass is 9.70. The smallest absolute Gasteiger partial charge is 0.407 e. The van der Waals surface area contributed by atoms with Gasteiger partial charge in [-0.15, -0.1) is 0 Å². The van der Waals surface area contributed by atoms with E-state index in [0.29, 0.717) is 0 Å². The SMILES string of the molecule is CC.Cc1cc(C)c(C)c(B2OCCCO2)c1C. The molecule has 1 fully saturated rings. The summed E-state index contributed by atoms with van der Waals surface area (Å²) in [6, 6.07) is 2.23. The van der Waals surface area contributed by atoms with E-state index in [9.17, 15) is 0 Å². The van der Waals surface area contributed by atoms with Gasteiger partial charge in [0.1, 0.15) is 0 Å². The number of hydrogen-bond acceptors (Lipinski definition) is 2. The molecule has 100 valence electrons. The molecule has 0 saturated carbocycles. The zero-order valence-electron chi connectivity index (χ0n) is 12.6. The molecule has 0 aromatic heterocycles. The number of rotatable bonds is 1. The molecule has 0 bridgehead atoms. The Morgan fingerprint density at radius 3 is 1.78 bits per heavy atom. The van der Waals surface area contributed by atoms with Gasteiger partial charge in [-0.3, -0.25) is 0 Å².